The maximum atomic E-state index is 11.8. The van der Waals surface area contributed by atoms with Gasteiger partial charge in [-0.15, -0.1) is 0 Å². The van der Waals surface area contributed by atoms with Gasteiger partial charge in [-0.2, -0.15) is 0 Å². The van der Waals surface area contributed by atoms with Crippen molar-refractivity contribution in [1.29, 1.82) is 0 Å². The molecule has 1 amide bonds. The van der Waals surface area contributed by atoms with Gasteiger partial charge in [-0.25, -0.2) is 0 Å². The molecule has 1 unspecified atom stereocenters. The Morgan fingerprint density at radius 2 is 2.00 bits per heavy atom. The van der Waals surface area contributed by atoms with Crippen LogP contribution in [-0.4, -0.2) is 23.0 Å². The highest BCUT2D eigenvalue weighted by Gasteiger charge is 2.18. The van der Waals surface area contributed by atoms with Gasteiger partial charge in [-0.3, -0.25) is 4.79 Å². The van der Waals surface area contributed by atoms with Crippen LogP contribution in [0.1, 0.15) is 17.3 Å². The Morgan fingerprint density at radius 3 is 2.47 bits per heavy atom. The summed E-state index contributed by atoms with van der Waals surface area (Å²) in [6.45, 7) is 1.57. The Morgan fingerprint density at radius 1 is 1.47 bits per heavy atom. The van der Waals surface area contributed by atoms with Crippen LogP contribution in [0.25, 0.3) is 0 Å². The van der Waals surface area contributed by atoms with Crippen LogP contribution in [0.15, 0.2) is 23.4 Å². The second-order valence-electron chi connectivity index (χ2n) is 3.32. The van der Waals surface area contributed by atoms with Crippen molar-refractivity contribution in [3.63, 3.8) is 0 Å². The first kappa shape index (κ1) is 13.6. The van der Waals surface area contributed by atoms with Crippen LogP contribution in [0, 0.1) is 0 Å². The van der Waals surface area contributed by atoms with Gasteiger partial charge in [-0.05, 0) is 19.1 Å². The second-order valence-corrected chi connectivity index (χ2v) is 4.13. The maximum Gasteiger partial charge on any atom is 0.254 e. The average Bonchev–Trinajstić information content (AvgIpc) is 2.27. The largest absolute Gasteiger partial charge is 0.409 e. The van der Waals surface area contributed by atoms with Gasteiger partial charge >= 0.3 is 0 Å². The molecule has 0 fully saturated rings. The molecule has 17 heavy (non-hydrogen) atoms. The summed E-state index contributed by atoms with van der Waals surface area (Å²) >= 11 is 11.7. The molecule has 0 aliphatic carbocycles. The highest BCUT2D eigenvalue weighted by atomic mass is 35.5. The molecule has 4 N–H and O–H groups in total. The van der Waals surface area contributed by atoms with Crippen molar-refractivity contribution in [2.75, 3.05) is 0 Å². The average molecular weight is 276 g/mol. The molecule has 1 aromatic rings. The van der Waals surface area contributed by atoms with Crippen molar-refractivity contribution in [2.45, 2.75) is 13.0 Å². The molecule has 0 aliphatic heterocycles. The molecule has 0 spiro atoms. The standard InChI is InChI=1S/C10H11Cl2N3O2/c1-5(9(13)15-17)14-10(16)8-6(11)3-2-4-7(8)12/h2-5,17H,1H3,(H2,13,15)(H,14,16). The van der Waals surface area contributed by atoms with Crippen LogP contribution in [0.3, 0.4) is 0 Å². The minimum absolute atomic E-state index is 0.110. The van der Waals surface area contributed by atoms with E-state index in [1.54, 1.807) is 25.1 Å². The van der Waals surface area contributed by atoms with Crippen LogP contribution in [0.2, 0.25) is 10.0 Å². The lowest BCUT2D eigenvalue weighted by Gasteiger charge is -2.13. The van der Waals surface area contributed by atoms with E-state index in [1.165, 1.54) is 0 Å². The van der Waals surface area contributed by atoms with Crippen molar-refractivity contribution in [3.8, 4) is 0 Å². The first-order valence-electron chi connectivity index (χ1n) is 4.69. The minimum Gasteiger partial charge on any atom is -0.409 e. The Balaban J connectivity index is 2.91. The monoisotopic (exact) mass is 275 g/mol. The molecular weight excluding hydrogens is 265 g/mol. The molecule has 0 bridgehead atoms. The maximum absolute atomic E-state index is 11.8. The number of halogens is 2. The molecule has 0 aliphatic rings. The molecule has 0 radical (unpaired) electrons. The summed E-state index contributed by atoms with van der Waals surface area (Å²) in [5.41, 5.74) is 5.50. The molecule has 0 aromatic heterocycles. The van der Waals surface area contributed by atoms with Gasteiger partial charge in [0.15, 0.2) is 5.84 Å². The third kappa shape index (κ3) is 3.25. The summed E-state index contributed by atoms with van der Waals surface area (Å²) in [4.78, 5) is 11.8. The van der Waals surface area contributed by atoms with Gasteiger partial charge in [0.1, 0.15) is 0 Å². The number of amidine groups is 1. The molecule has 1 atom stereocenters. The van der Waals surface area contributed by atoms with Gasteiger partial charge in [-0.1, -0.05) is 34.4 Å². The van der Waals surface area contributed by atoms with E-state index in [0.29, 0.717) is 0 Å². The normalized spacial score (nSPS) is 13.2. The minimum atomic E-state index is -0.625. The third-order valence-electron chi connectivity index (χ3n) is 2.10. The van der Waals surface area contributed by atoms with Crippen LogP contribution in [0.4, 0.5) is 0 Å². The molecule has 92 valence electrons. The van der Waals surface area contributed by atoms with Crippen molar-refractivity contribution in [2.24, 2.45) is 10.9 Å². The molecule has 0 saturated carbocycles. The number of carbonyl (C=O) groups excluding carboxylic acids is 1. The first-order chi connectivity index (χ1) is 7.97. The van der Waals surface area contributed by atoms with Gasteiger partial charge in [0.25, 0.3) is 5.91 Å². The molecule has 0 saturated heterocycles. The van der Waals surface area contributed by atoms with E-state index in [2.05, 4.69) is 10.5 Å². The Hall–Kier alpha value is -1.46. The predicted molar refractivity (Wildman–Crippen MR) is 66.8 cm³/mol. The number of carbonyl (C=O) groups is 1. The van der Waals surface area contributed by atoms with Gasteiger partial charge in [0, 0.05) is 0 Å². The fourth-order valence-electron chi connectivity index (χ4n) is 1.14. The molecule has 1 aromatic carbocycles. The van der Waals surface area contributed by atoms with E-state index < -0.39 is 11.9 Å². The van der Waals surface area contributed by atoms with E-state index >= 15 is 0 Å². The zero-order chi connectivity index (χ0) is 13.0. The van der Waals surface area contributed by atoms with Crippen molar-refractivity contribution >= 4 is 34.9 Å². The van der Waals surface area contributed by atoms with Crippen molar-refractivity contribution < 1.29 is 10.0 Å². The number of nitrogens with one attached hydrogen (secondary N) is 1. The summed E-state index contributed by atoms with van der Waals surface area (Å²) in [5.74, 6) is -0.596. The smallest absolute Gasteiger partial charge is 0.254 e. The fourth-order valence-corrected chi connectivity index (χ4v) is 1.71. The van der Waals surface area contributed by atoms with Gasteiger partial charge < -0.3 is 16.3 Å². The molecule has 0 heterocycles. The molecular formula is C10H11Cl2N3O2. The van der Waals surface area contributed by atoms with Gasteiger partial charge in [0.2, 0.25) is 0 Å². The van der Waals surface area contributed by atoms with Crippen LogP contribution >= 0.6 is 23.2 Å². The van der Waals surface area contributed by atoms with Gasteiger partial charge in [0.05, 0.1) is 21.7 Å². The lowest BCUT2D eigenvalue weighted by atomic mass is 10.2. The number of oxime groups is 1. The summed E-state index contributed by atoms with van der Waals surface area (Å²) in [6.07, 6.45) is 0. The first-order valence-corrected chi connectivity index (χ1v) is 5.45. The Labute approximate surface area is 108 Å². The summed E-state index contributed by atoms with van der Waals surface area (Å²) < 4.78 is 0. The zero-order valence-corrected chi connectivity index (χ0v) is 10.5. The van der Waals surface area contributed by atoms with Crippen molar-refractivity contribution in [3.05, 3.63) is 33.8 Å². The number of nitrogens with zero attached hydrogens (tertiary/aromatic N) is 1. The van der Waals surface area contributed by atoms with Crippen LogP contribution < -0.4 is 11.1 Å². The molecule has 7 heteroatoms. The van der Waals surface area contributed by atoms with E-state index in [1.807, 2.05) is 0 Å². The topological polar surface area (TPSA) is 87.7 Å². The number of hydrogen-bond donors (Lipinski definition) is 3. The summed E-state index contributed by atoms with van der Waals surface area (Å²) in [5, 5.41) is 14.2. The fraction of sp³-hybridized carbons (Fsp3) is 0.200. The number of rotatable bonds is 3. The predicted octanol–water partition coefficient (Wildman–Crippen LogP) is 1.86. The zero-order valence-electron chi connectivity index (χ0n) is 8.95. The van der Waals surface area contributed by atoms with Crippen LogP contribution in [-0.2, 0) is 0 Å². The van der Waals surface area contributed by atoms with E-state index in [-0.39, 0.29) is 21.4 Å². The number of benzene rings is 1. The van der Waals surface area contributed by atoms with E-state index in [0.717, 1.165) is 0 Å². The quantitative estimate of drug-likeness (QED) is 0.341. The van der Waals surface area contributed by atoms with E-state index in [4.69, 9.17) is 34.1 Å². The SMILES string of the molecule is CC(NC(=O)c1c(Cl)cccc1Cl)/C(N)=N/O. The Bertz CT molecular complexity index is 443. The second kappa shape index (κ2) is 5.75. The summed E-state index contributed by atoms with van der Waals surface area (Å²) in [6, 6.07) is 4.11. The highest BCUT2D eigenvalue weighted by molar-refractivity contribution is 6.39. The molecule has 1 rings (SSSR count). The third-order valence-corrected chi connectivity index (χ3v) is 2.73. The van der Waals surface area contributed by atoms with Crippen LogP contribution in [0.5, 0.6) is 0 Å². The Kier molecular flexibility index (Phi) is 4.60. The lowest BCUT2D eigenvalue weighted by Crippen LogP contribution is -2.42. The molecule has 5 nitrogen and oxygen atoms in total. The number of amides is 1. The number of nitrogens with two attached hydrogens (primary N) is 1. The number of hydrogen-bond acceptors (Lipinski definition) is 3. The summed E-state index contributed by atoms with van der Waals surface area (Å²) in [7, 11) is 0. The highest BCUT2D eigenvalue weighted by Crippen LogP contribution is 2.23. The van der Waals surface area contributed by atoms with E-state index in [9.17, 15) is 4.79 Å². The van der Waals surface area contributed by atoms with Crippen molar-refractivity contribution in [1.82, 2.24) is 5.32 Å². The lowest BCUT2D eigenvalue weighted by molar-refractivity contribution is 0.0949.